The van der Waals surface area contributed by atoms with Gasteiger partial charge in [-0.3, -0.25) is 9.55 Å². The highest BCUT2D eigenvalue weighted by Gasteiger charge is 2.12. The van der Waals surface area contributed by atoms with E-state index in [0.717, 1.165) is 16.6 Å². The second kappa shape index (κ2) is 6.95. The fourth-order valence-electron chi connectivity index (χ4n) is 2.46. The number of fused-ring (bicyclic) bond motifs is 1. The number of ether oxygens (including phenoxy) is 1. The third-order valence-corrected chi connectivity index (χ3v) is 3.56. The average Bonchev–Trinajstić information content (AvgIpc) is 3.01. The van der Waals surface area contributed by atoms with Crippen LogP contribution in [-0.4, -0.2) is 38.1 Å². The van der Waals surface area contributed by atoms with Crippen LogP contribution in [0.15, 0.2) is 43.0 Å². The second-order valence-corrected chi connectivity index (χ2v) is 6.86. The molecule has 26 heavy (non-hydrogen) atoms. The largest absolute Gasteiger partial charge is 0.466 e. The summed E-state index contributed by atoms with van der Waals surface area (Å²) < 4.78 is 6.49. The van der Waals surface area contributed by atoms with E-state index < -0.39 is 5.97 Å². The Morgan fingerprint density at radius 1 is 1.27 bits per heavy atom. The normalized spacial score (nSPS) is 11.8. The first-order valence-electron chi connectivity index (χ1n) is 8.19. The highest BCUT2D eigenvalue weighted by atomic mass is 16.5. The number of anilines is 1. The van der Waals surface area contributed by atoms with Crippen molar-refractivity contribution in [3.63, 3.8) is 0 Å². The van der Waals surface area contributed by atoms with Gasteiger partial charge in [-0.25, -0.2) is 14.8 Å². The van der Waals surface area contributed by atoms with Gasteiger partial charge in [0.1, 0.15) is 12.1 Å². The van der Waals surface area contributed by atoms with Crippen molar-refractivity contribution in [3.05, 3.63) is 48.6 Å². The van der Waals surface area contributed by atoms with E-state index in [0.29, 0.717) is 11.6 Å². The van der Waals surface area contributed by atoms with Crippen molar-refractivity contribution in [2.75, 3.05) is 12.4 Å². The summed E-state index contributed by atoms with van der Waals surface area (Å²) in [5, 5.41) is 3.31. The quantitative estimate of drug-likeness (QED) is 0.574. The maximum absolute atomic E-state index is 11.3. The lowest BCUT2D eigenvalue weighted by Crippen LogP contribution is -2.26. The molecule has 7 heteroatoms. The van der Waals surface area contributed by atoms with Gasteiger partial charge in [0.25, 0.3) is 0 Å². The maximum atomic E-state index is 11.3. The lowest BCUT2D eigenvalue weighted by Gasteiger charge is -2.21. The van der Waals surface area contributed by atoms with Crippen molar-refractivity contribution >= 4 is 28.9 Å². The summed E-state index contributed by atoms with van der Waals surface area (Å²) in [7, 11) is 1.35. The van der Waals surface area contributed by atoms with Gasteiger partial charge in [-0.1, -0.05) is 6.07 Å². The van der Waals surface area contributed by atoms with Crippen LogP contribution in [-0.2, 0) is 9.53 Å². The van der Waals surface area contributed by atoms with Gasteiger partial charge >= 0.3 is 5.97 Å². The molecule has 0 fully saturated rings. The van der Waals surface area contributed by atoms with E-state index >= 15 is 0 Å². The summed E-state index contributed by atoms with van der Waals surface area (Å²) in [5.74, 6) is 0.958. The Morgan fingerprint density at radius 2 is 2.08 bits per heavy atom. The Kier molecular flexibility index (Phi) is 4.71. The predicted molar refractivity (Wildman–Crippen MR) is 101 cm³/mol. The number of benzene rings is 1. The summed E-state index contributed by atoms with van der Waals surface area (Å²) in [6, 6.07) is 5.73. The Labute approximate surface area is 151 Å². The Balaban J connectivity index is 1.99. The van der Waals surface area contributed by atoms with Crippen LogP contribution in [0.2, 0.25) is 0 Å². The van der Waals surface area contributed by atoms with Crippen molar-refractivity contribution in [2.24, 2.45) is 0 Å². The van der Waals surface area contributed by atoms with Gasteiger partial charge in [0, 0.05) is 11.6 Å². The molecule has 1 aromatic carbocycles. The summed E-state index contributed by atoms with van der Waals surface area (Å²) in [5.41, 5.74) is 2.45. The van der Waals surface area contributed by atoms with E-state index in [4.69, 9.17) is 0 Å². The summed E-state index contributed by atoms with van der Waals surface area (Å²) >= 11 is 0. The molecular formula is C19H21N5O2. The molecule has 0 radical (unpaired) electrons. The van der Waals surface area contributed by atoms with Crippen molar-refractivity contribution in [2.45, 2.75) is 26.3 Å². The molecule has 0 atom stereocenters. The minimum Gasteiger partial charge on any atom is -0.466 e. The zero-order valence-corrected chi connectivity index (χ0v) is 15.2. The lowest BCUT2D eigenvalue weighted by molar-refractivity contribution is -0.134. The first-order valence-corrected chi connectivity index (χ1v) is 8.19. The molecule has 0 unspecified atom stereocenters. The Morgan fingerprint density at radius 3 is 2.81 bits per heavy atom. The van der Waals surface area contributed by atoms with Crippen LogP contribution >= 0.6 is 0 Å². The number of carbonyl (C=O) groups excluding carboxylic acids is 1. The minimum absolute atomic E-state index is 0.115. The molecule has 0 aliphatic carbocycles. The molecule has 0 saturated carbocycles. The van der Waals surface area contributed by atoms with Gasteiger partial charge in [0.2, 0.25) is 0 Å². The number of hydrogen-bond acceptors (Lipinski definition) is 6. The first kappa shape index (κ1) is 17.6. The second-order valence-electron chi connectivity index (χ2n) is 6.86. The molecule has 0 aliphatic heterocycles. The molecule has 3 aromatic rings. The number of carbonyl (C=O) groups is 1. The van der Waals surface area contributed by atoms with E-state index in [1.54, 1.807) is 24.8 Å². The van der Waals surface area contributed by atoms with Gasteiger partial charge in [-0.15, -0.1) is 0 Å². The predicted octanol–water partition coefficient (Wildman–Crippen LogP) is 3.21. The summed E-state index contributed by atoms with van der Waals surface area (Å²) in [6.07, 6.45) is 8.18. The molecule has 3 rings (SSSR count). The standard InChI is InChI=1S/C19H21N5O2/c1-19(2,3)23-16-10-20-11-17(22-16)24-12-21-14-7-5-13(9-15(14)24)6-8-18(25)26-4/h5-12H,1-4H3,(H,22,23)/b8-6+. The SMILES string of the molecule is COC(=O)/C=C/c1ccc2ncn(-c3cncc(NC(C)(C)C)n3)c2c1. The fourth-order valence-corrected chi connectivity index (χ4v) is 2.46. The summed E-state index contributed by atoms with van der Waals surface area (Å²) in [6.45, 7) is 6.19. The molecule has 0 amide bonds. The topological polar surface area (TPSA) is 81.9 Å². The maximum Gasteiger partial charge on any atom is 0.330 e. The number of hydrogen-bond donors (Lipinski definition) is 1. The van der Waals surface area contributed by atoms with Gasteiger partial charge < -0.3 is 10.1 Å². The summed E-state index contributed by atoms with van der Waals surface area (Å²) in [4.78, 5) is 24.6. The fraction of sp³-hybridized carbons (Fsp3) is 0.263. The van der Waals surface area contributed by atoms with Crippen LogP contribution < -0.4 is 5.32 Å². The van der Waals surface area contributed by atoms with E-state index in [-0.39, 0.29) is 5.54 Å². The van der Waals surface area contributed by atoms with E-state index in [9.17, 15) is 4.79 Å². The molecule has 0 bridgehead atoms. The van der Waals surface area contributed by atoms with Crippen LogP contribution in [0, 0.1) is 0 Å². The van der Waals surface area contributed by atoms with Crippen molar-refractivity contribution in [1.82, 2.24) is 19.5 Å². The average molecular weight is 351 g/mol. The molecular weight excluding hydrogens is 330 g/mol. The molecule has 2 heterocycles. The Hall–Kier alpha value is -3.22. The zero-order valence-electron chi connectivity index (χ0n) is 15.2. The van der Waals surface area contributed by atoms with Crippen LogP contribution in [0.3, 0.4) is 0 Å². The van der Waals surface area contributed by atoms with Crippen LogP contribution in [0.5, 0.6) is 0 Å². The highest BCUT2D eigenvalue weighted by molar-refractivity contribution is 5.88. The third-order valence-electron chi connectivity index (χ3n) is 3.56. The number of nitrogens with zero attached hydrogens (tertiary/aromatic N) is 4. The van der Waals surface area contributed by atoms with E-state index in [2.05, 4.69) is 45.8 Å². The molecule has 0 saturated heterocycles. The third kappa shape index (κ3) is 4.05. The van der Waals surface area contributed by atoms with Crippen LogP contribution in [0.1, 0.15) is 26.3 Å². The molecule has 7 nitrogen and oxygen atoms in total. The number of aromatic nitrogens is 4. The van der Waals surface area contributed by atoms with Gasteiger partial charge in [0.15, 0.2) is 5.82 Å². The molecule has 0 aliphatic rings. The van der Waals surface area contributed by atoms with Crippen molar-refractivity contribution in [1.29, 1.82) is 0 Å². The highest BCUT2D eigenvalue weighted by Crippen LogP contribution is 2.20. The van der Waals surface area contributed by atoms with E-state index in [1.807, 2.05) is 22.8 Å². The molecule has 0 spiro atoms. The van der Waals surface area contributed by atoms with Crippen LogP contribution in [0.25, 0.3) is 22.9 Å². The molecule has 2 aromatic heterocycles. The van der Waals surface area contributed by atoms with Gasteiger partial charge in [0.05, 0.1) is 30.5 Å². The van der Waals surface area contributed by atoms with Gasteiger partial charge in [-0.05, 0) is 44.5 Å². The number of nitrogens with one attached hydrogen (secondary N) is 1. The number of imidazole rings is 1. The molecule has 1 N–H and O–H groups in total. The number of methoxy groups -OCH3 is 1. The zero-order chi connectivity index (χ0) is 18.7. The smallest absolute Gasteiger partial charge is 0.330 e. The van der Waals surface area contributed by atoms with Crippen molar-refractivity contribution in [3.8, 4) is 5.82 Å². The van der Waals surface area contributed by atoms with Gasteiger partial charge in [-0.2, -0.15) is 0 Å². The number of esters is 1. The van der Waals surface area contributed by atoms with Crippen LogP contribution in [0.4, 0.5) is 5.82 Å². The number of rotatable bonds is 4. The van der Waals surface area contributed by atoms with E-state index in [1.165, 1.54) is 13.2 Å². The monoisotopic (exact) mass is 351 g/mol. The first-order chi connectivity index (χ1) is 12.4. The Bertz CT molecular complexity index is 969. The lowest BCUT2D eigenvalue weighted by atomic mass is 10.1. The molecule has 134 valence electrons. The minimum atomic E-state index is -0.398. The van der Waals surface area contributed by atoms with Crippen molar-refractivity contribution < 1.29 is 9.53 Å².